The fourth-order valence-electron chi connectivity index (χ4n) is 0.215. The molecule has 0 N–H and O–H groups in total. The van der Waals surface area contributed by atoms with E-state index in [9.17, 15) is 26.3 Å². The molecular formula is C6H12F8O2P2. The van der Waals surface area contributed by atoms with E-state index in [1.54, 1.807) is 9.12 Å². The van der Waals surface area contributed by atoms with Crippen LogP contribution in [0, 0.1) is 0 Å². The van der Waals surface area contributed by atoms with Crippen LogP contribution in [0.25, 0.3) is 0 Å². The van der Waals surface area contributed by atoms with Gasteiger partial charge in [0.25, 0.3) is 0 Å². The number of rotatable bonds is 0. The smallest absolute Gasteiger partial charge is 0.279 e. The van der Waals surface area contributed by atoms with Gasteiger partial charge in [-0.25, -0.2) is 8.78 Å². The average Bonchev–Trinajstić information content (AvgIpc) is 2.52. The van der Waals surface area contributed by atoms with Crippen LogP contribution >= 0.6 is 19.0 Å². The Hall–Kier alpha value is -0.330. The highest BCUT2D eigenvalue weighted by Crippen LogP contribution is 2.51. The molecule has 0 amide bonds. The van der Waals surface area contributed by atoms with Crippen molar-refractivity contribution in [1.29, 1.82) is 0 Å². The number of hydrogen-bond acceptors (Lipinski definition) is 2. The SMILES string of the molecule is CC(F)=C(F)F.CC1(F)OC1(F)F.F.F.O=P.P. The van der Waals surface area contributed by atoms with Crippen molar-refractivity contribution in [3.63, 3.8) is 0 Å². The topological polar surface area (TPSA) is 29.6 Å². The van der Waals surface area contributed by atoms with Gasteiger partial charge < -0.3 is 0 Å². The summed E-state index contributed by atoms with van der Waals surface area (Å²) in [5.74, 6) is -4.09. The van der Waals surface area contributed by atoms with Crippen molar-refractivity contribution in [2.75, 3.05) is 0 Å². The zero-order valence-corrected chi connectivity index (χ0v) is 11.5. The molecule has 2 nitrogen and oxygen atoms in total. The summed E-state index contributed by atoms with van der Waals surface area (Å²) >= 11 is 0. The first kappa shape index (κ1) is 30.6. The number of hydrogen-bond donors (Lipinski definition) is 0. The second kappa shape index (κ2) is 11.7. The summed E-state index contributed by atoms with van der Waals surface area (Å²) in [6, 6.07) is 0. The number of ether oxygens (including phenoxy) is 1. The Bertz CT molecular complexity index is 218. The van der Waals surface area contributed by atoms with Crippen LogP contribution in [0.5, 0.6) is 0 Å². The molecule has 1 saturated heterocycles. The minimum atomic E-state index is -3.52. The maximum absolute atomic E-state index is 11.6. The Kier molecular flexibility index (Phi) is 20.0. The highest BCUT2D eigenvalue weighted by atomic mass is 31.0. The summed E-state index contributed by atoms with van der Waals surface area (Å²) in [5.41, 5.74) is 0. The van der Waals surface area contributed by atoms with E-state index in [0.717, 1.165) is 0 Å². The van der Waals surface area contributed by atoms with Gasteiger partial charge in [-0.1, -0.05) is 0 Å². The molecule has 1 aliphatic heterocycles. The van der Waals surface area contributed by atoms with Gasteiger partial charge >= 0.3 is 18.0 Å². The molecular weight excluding hydrogens is 318 g/mol. The molecule has 1 rings (SSSR count). The largest absolute Gasteiger partial charge is 0.417 e. The summed E-state index contributed by atoms with van der Waals surface area (Å²) in [6.45, 7) is 1.39. The van der Waals surface area contributed by atoms with E-state index < -0.39 is 23.9 Å². The summed E-state index contributed by atoms with van der Waals surface area (Å²) in [7, 11) is 1.72. The molecule has 1 heterocycles. The lowest BCUT2D eigenvalue weighted by Crippen LogP contribution is -2.04. The second-order valence-electron chi connectivity index (χ2n) is 2.33. The maximum atomic E-state index is 11.6. The van der Waals surface area contributed by atoms with Gasteiger partial charge in [-0.3, -0.25) is 18.7 Å². The molecule has 0 aromatic heterocycles. The van der Waals surface area contributed by atoms with Crippen molar-refractivity contribution in [3.8, 4) is 0 Å². The zero-order valence-electron chi connectivity index (χ0n) is 9.11. The van der Waals surface area contributed by atoms with Gasteiger partial charge in [-0.05, 0) is 6.92 Å². The summed E-state index contributed by atoms with van der Waals surface area (Å²) in [4.78, 5) is 0. The molecule has 0 aromatic rings. The number of allylic oxidation sites excluding steroid dienone is 1. The van der Waals surface area contributed by atoms with Crippen molar-refractivity contribution >= 4 is 19.0 Å². The first-order valence-corrected chi connectivity index (χ1v) is 3.65. The lowest BCUT2D eigenvalue weighted by molar-refractivity contribution is -0.00106. The van der Waals surface area contributed by atoms with Gasteiger partial charge in [0.15, 0.2) is 5.83 Å². The lowest BCUT2D eigenvalue weighted by atomic mass is 10.5. The lowest BCUT2D eigenvalue weighted by Gasteiger charge is -1.83. The Labute approximate surface area is 103 Å². The van der Waals surface area contributed by atoms with Crippen LogP contribution in [-0.2, 0) is 9.30 Å². The van der Waals surface area contributed by atoms with Crippen molar-refractivity contribution in [2.24, 2.45) is 0 Å². The fourth-order valence-corrected chi connectivity index (χ4v) is 0.215. The van der Waals surface area contributed by atoms with Crippen LogP contribution in [0.4, 0.5) is 35.8 Å². The quantitative estimate of drug-likeness (QED) is 0.378. The van der Waals surface area contributed by atoms with E-state index in [4.69, 9.17) is 4.57 Å². The second-order valence-corrected chi connectivity index (χ2v) is 2.33. The van der Waals surface area contributed by atoms with E-state index in [0.29, 0.717) is 13.8 Å². The third kappa shape index (κ3) is 12.1. The highest BCUT2D eigenvalue weighted by Gasteiger charge is 2.73. The van der Waals surface area contributed by atoms with Crippen molar-refractivity contribution in [1.82, 2.24) is 0 Å². The first-order valence-electron chi connectivity index (χ1n) is 3.25. The van der Waals surface area contributed by atoms with Crippen LogP contribution < -0.4 is 0 Å². The van der Waals surface area contributed by atoms with Gasteiger partial charge in [-0.2, -0.15) is 27.5 Å². The van der Waals surface area contributed by atoms with E-state index in [1.165, 1.54) is 0 Å². The van der Waals surface area contributed by atoms with Gasteiger partial charge in [0.05, 0.1) is 0 Å². The molecule has 2 unspecified atom stereocenters. The number of epoxide rings is 1. The van der Waals surface area contributed by atoms with Crippen molar-refractivity contribution < 1.29 is 45.1 Å². The van der Waals surface area contributed by atoms with E-state index in [2.05, 4.69) is 4.74 Å². The van der Waals surface area contributed by atoms with Crippen LogP contribution in [0.3, 0.4) is 0 Å². The molecule has 1 fully saturated rings. The van der Waals surface area contributed by atoms with E-state index in [-0.39, 0.29) is 19.3 Å². The molecule has 0 aliphatic carbocycles. The van der Waals surface area contributed by atoms with Crippen LogP contribution in [0.15, 0.2) is 11.9 Å². The number of alkyl halides is 3. The van der Waals surface area contributed by atoms with Gasteiger partial charge in [-0.15, -0.1) is 0 Å². The van der Waals surface area contributed by atoms with Crippen LogP contribution in [0.1, 0.15) is 13.8 Å². The molecule has 0 saturated carbocycles. The molecule has 0 bridgehead atoms. The molecule has 1 aliphatic rings. The zero-order chi connectivity index (χ0) is 12.9. The predicted molar refractivity (Wildman–Crippen MR) is 56.7 cm³/mol. The third-order valence-corrected chi connectivity index (χ3v) is 1.06. The normalized spacial score (nSPS) is 20.9. The van der Waals surface area contributed by atoms with E-state index >= 15 is 0 Å². The minimum absolute atomic E-state index is 0. The van der Waals surface area contributed by atoms with Gasteiger partial charge in [0, 0.05) is 6.92 Å². The molecule has 0 aromatic carbocycles. The molecule has 18 heavy (non-hydrogen) atoms. The standard InChI is InChI=1S/C3H3F3O.C3H3F3.2FH.HOP.H3P/c1-2(4)3(5,6)7-2;1-2(4)3(5)6;;;1-2;/h1H3;1H3;2*1H;2H;1H3. The average molecular weight is 330 g/mol. The fraction of sp³-hybridized carbons (Fsp3) is 0.667. The summed E-state index contributed by atoms with van der Waals surface area (Å²) in [6.07, 6.45) is -5.76. The van der Waals surface area contributed by atoms with Crippen molar-refractivity contribution in [2.45, 2.75) is 25.8 Å². The first-order chi connectivity index (χ1) is 6.60. The molecule has 2 atom stereocenters. The predicted octanol–water partition coefficient (Wildman–Crippen LogP) is 4.22. The monoisotopic (exact) mass is 330 g/mol. The maximum Gasteiger partial charge on any atom is 0.417 e. The number of halogens is 8. The molecule has 12 heteroatoms. The van der Waals surface area contributed by atoms with E-state index in [1.807, 2.05) is 0 Å². The van der Waals surface area contributed by atoms with Crippen LogP contribution in [-0.4, -0.2) is 12.0 Å². The molecule has 114 valence electrons. The minimum Gasteiger partial charge on any atom is -0.279 e. The molecule has 0 spiro atoms. The third-order valence-electron chi connectivity index (χ3n) is 1.06. The Morgan fingerprint density at radius 2 is 1.17 bits per heavy atom. The summed E-state index contributed by atoms with van der Waals surface area (Å²) < 4.78 is 77.9. The van der Waals surface area contributed by atoms with Crippen LogP contribution in [0.2, 0.25) is 0 Å². The highest BCUT2D eigenvalue weighted by molar-refractivity contribution is 7.00. The Balaban J connectivity index is -0.0000000483. The summed E-state index contributed by atoms with van der Waals surface area (Å²) in [5, 5.41) is 0. The van der Waals surface area contributed by atoms with Crippen molar-refractivity contribution in [3.05, 3.63) is 11.9 Å². The Morgan fingerprint density at radius 3 is 1.17 bits per heavy atom. The van der Waals surface area contributed by atoms with Gasteiger partial charge in [0.2, 0.25) is 0 Å². The molecule has 0 radical (unpaired) electrons. The Morgan fingerprint density at radius 1 is 1.06 bits per heavy atom. The van der Waals surface area contributed by atoms with Gasteiger partial charge in [0.1, 0.15) is 9.12 Å².